The maximum absolute atomic E-state index is 11.5. The van der Waals surface area contributed by atoms with Crippen molar-refractivity contribution < 1.29 is 0 Å². The lowest BCUT2D eigenvalue weighted by atomic mass is 9.95. The molecule has 45 heavy (non-hydrogen) atoms. The Morgan fingerprint density at radius 1 is 0.822 bits per heavy atom. The van der Waals surface area contributed by atoms with Crippen molar-refractivity contribution in [2.24, 2.45) is 0 Å². The van der Waals surface area contributed by atoms with Crippen LogP contribution in [0.4, 0.5) is 0 Å². The molecule has 0 radical (unpaired) electrons. The Kier molecular flexibility index (Phi) is 17.2. The van der Waals surface area contributed by atoms with Gasteiger partial charge in [-0.25, -0.2) is 15.0 Å². The molecule has 2 saturated carbocycles. The number of alkyl halides is 1. The number of aryl methyl sites for hydroxylation is 2. The van der Waals surface area contributed by atoms with Gasteiger partial charge in [-0.1, -0.05) is 50.3 Å². The van der Waals surface area contributed by atoms with E-state index in [1.807, 2.05) is 32.0 Å². The lowest BCUT2D eigenvalue weighted by Gasteiger charge is -2.24. The van der Waals surface area contributed by atoms with Crippen molar-refractivity contribution in [3.63, 3.8) is 0 Å². The highest BCUT2D eigenvalue weighted by Crippen LogP contribution is 2.31. The van der Waals surface area contributed by atoms with Gasteiger partial charge in [0.05, 0.1) is 24.2 Å². The molecule has 2 aliphatic carbocycles. The summed E-state index contributed by atoms with van der Waals surface area (Å²) in [6, 6.07) is 4.21. The minimum atomic E-state index is -0.156. The maximum atomic E-state index is 11.5. The number of nitrogens with zero attached hydrogens (tertiary/aromatic N) is 5. The van der Waals surface area contributed by atoms with Crippen LogP contribution in [-0.4, -0.2) is 39.0 Å². The summed E-state index contributed by atoms with van der Waals surface area (Å²) in [6.07, 6.45) is 20.8. The van der Waals surface area contributed by atoms with E-state index in [-0.39, 0.29) is 35.9 Å². The van der Waals surface area contributed by atoms with Crippen LogP contribution >= 0.6 is 60.4 Å². The van der Waals surface area contributed by atoms with Gasteiger partial charge in [0, 0.05) is 59.4 Å². The summed E-state index contributed by atoms with van der Waals surface area (Å²) in [7, 11) is 0. The lowest BCUT2D eigenvalue weighted by molar-refractivity contribution is 0.348. The quantitative estimate of drug-likeness (QED) is 0.0804. The molecule has 0 aromatic carbocycles. The van der Waals surface area contributed by atoms with Gasteiger partial charge in [-0.2, -0.15) is 0 Å². The van der Waals surface area contributed by atoms with E-state index in [4.69, 9.17) is 11.6 Å². The molecule has 0 aliphatic heterocycles. The fraction of sp³-hybridized carbons (Fsp3) is 0.533. The molecule has 4 aromatic rings. The van der Waals surface area contributed by atoms with Crippen molar-refractivity contribution in [1.29, 1.82) is 0 Å². The highest BCUT2D eigenvalue weighted by atomic mass is 35.5. The topological polar surface area (TPSA) is 130 Å². The zero-order valence-electron chi connectivity index (χ0n) is 25.7. The third-order valence-corrected chi connectivity index (χ3v) is 9.05. The van der Waals surface area contributed by atoms with Crippen molar-refractivity contribution >= 4 is 60.4 Å². The van der Waals surface area contributed by atoms with E-state index >= 15 is 0 Å². The van der Waals surface area contributed by atoms with Crippen LogP contribution in [0, 0.1) is 18.6 Å². The van der Waals surface area contributed by atoms with Gasteiger partial charge in [0.15, 0.2) is 9.93 Å². The van der Waals surface area contributed by atoms with Gasteiger partial charge in [-0.15, -0.1) is 36.4 Å². The molecule has 0 amide bonds. The molecule has 0 spiro atoms. The Balaban J connectivity index is 0.000000252. The predicted octanol–water partition coefficient (Wildman–Crippen LogP) is 7.78. The summed E-state index contributed by atoms with van der Waals surface area (Å²) in [6.45, 7) is 3.62. The second-order valence-electron chi connectivity index (χ2n) is 11.1. The normalized spacial score (nSPS) is 15.0. The molecule has 0 bridgehead atoms. The Hall–Kier alpha value is -2.38. The van der Waals surface area contributed by atoms with E-state index in [2.05, 4.69) is 51.3 Å². The minimum absolute atomic E-state index is 0. The average molecular weight is 718 g/mol. The van der Waals surface area contributed by atoms with Gasteiger partial charge >= 0.3 is 0 Å². The van der Waals surface area contributed by atoms with Crippen LogP contribution in [0.15, 0.2) is 51.9 Å². The number of halogens is 3. The van der Waals surface area contributed by atoms with Gasteiger partial charge < -0.3 is 19.1 Å². The molecule has 3 N–H and O–H groups in total. The number of thioether (sulfide) groups is 1. The second-order valence-corrected chi connectivity index (χ2v) is 12.7. The van der Waals surface area contributed by atoms with E-state index in [9.17, 15) is 9.59 Å². The monoisotopic (exact) mass is 716 g/mol. The second kappa shape index (κ2) is 20.0. The SMILES string of the molecule is Cc1cc(=O)[nH]c(=S)[nH]1.Cc1cc(=O)[nH]c(SCc2cncn2C2CCCCC2)n1.Cl.Cl.ClCc1cncn1C1CCCCC1. The Morgan fingerprint density at radius 2 is 1.36 bits per heavy atom. The lowest BCUT2D eigenvalue weighted by Crippen LogP contribution is -2.14. The molecule has 0 saturated heterocycles. The van der Waals surface area contributed by atoms with Crippen molar-refractivity contribution in [2.45, 2.75) is 107 Å². The number of aromatic amines is 3. The molecule has 6 rings (SSSR count). The Bertz CT molecular complexity index is 1580. The average Bonchev–Trinajstić information content (AvgIpc) is 3.66. The summed E-state index contributed by atoms with van der Waals surface area (Å²) in [5.74, 6) is 1.36. The third-order valence-electron chi connectivity index (χ3n) is 7.67. The van der Waals surface area contributed by atoms with Gasteiger partial charge in [0.25, 0.3) is 11.1 Å². The smallest absolute Gasteiger partial charge is 0.251 e. The van der Waals surface area contributed by atoms with Gasteiger partial charge in [-0.05, 0) is 51.7 Å². The molecule has 4 heterocycles. The first-order valence-corrected chi connectivity index (χ1v) is 16.8. The summed E-state index contributed by atoms with van der Waals surface area (Å²) >= 11 is 12.1. The number of rotatable bonds is 6. The Labute approximate surface area is 290 Å². The van der Waals surface area contributed by atoms with Crippen molar-refractivity contribution in [2.75, 3.05) is 0 Å². The van der Waals surface area contributed by atoms with Crippen molar-refractivity contribution in [3.05, 3.63) is 85.4 Å². The molecule has 0 atom stereocenters. The van der Waals surface area contributed by atoms with Crippen LogP contribution in [-0.2, 0) is 11.6 Å². The van der Waals surface area contributed by atoms with Crippen molar-refractivity contribution in [3.8, 4) is 0 Å². The largest absolute Gasteiger partial charge is 0.336 e. The van der Waals surface area contributed by atoms with E-state index in [1.165, 1.54) is 82.0 Å². The number of imidazole rings is 2. The van der Waals surface area contributed by atoms with Crippen molar-refractivity contribution in [1.82, 2.24) is 39.0 Å². The molecule has 0 unspecified atom stereocenters. The third kappa shape index (κ3) is 12.4. The minimum Gasteiger partial charge on any atom is -0.336 e. The van der Waals surface area contributed by atoms with Gasteiger partial charge in [0.2, 0.25) is 0 Å². The first-order valence-electron chi connectivity index (χ1n) is 14.9. The summed E-state index contributed by atoms with van der Waals surface area (Å²) < 4.78 is 4.94. The molecular formula is C30H43Cl3N8O2S2. The van der Waals surface area contributed by atoms with Crippen LogP contribution in [0.5, 0.6) is 0 Å². The number of nitrogens with one attached hydrogen (secondary N) is 3. The van der Waals surface area contributed by atoms with Crippen LogP contribution in [0.1, 0.15) is 99.1 Å². The van der Waals surface area contributed by atoms with E-state index in [1.54, 1.807) is 18.7 Å². The Morgan fingerprint density at radius 3 is 1.87 bits per heavy atom. The van der Waals surface area contributed by atoms with E-state index in [0.29, 0.717) is 27.9 Å². The number of aromatic nitrogens is 8. The zero-order chi connectivity index (χ0) is 30.6. The van der Waals surface area contributed by atoms with Crippen LogP contribution in [0.25, 0.3) is 0 Å². The first kappa shape index (κ1) is 38.8. The first-order chi connectivity index (χ1) is 20.8. The molecule has 15 heteroatoms. The summed E-state index contributed by atoms with van der Waals surface area (Å²) in [4.78, 5) is 42.8. The maximum Gasteiger partial charge on any atom is 0.251 e. The summed E-state index contributed by atoms with van der Waals surface area (Å²) in [5, 5.41) is 0.677. The summed E-state index contributed by atoms with van der Waals surface area (Å²) in [5.41, 5.74) is 3.65. The number of hydrogen-bond acceptors (Lipinski definition) is 7. The molecule has 2 fully saturated rings. The zero-order valence-corrected chi connectivity index (χ0v) is 29.7. The molecule has 248 valence electrons. The van der Waals surface area contributed by atoms with Crippen LogP contribution < -0.4 is 11.1 Å². The van der Waals surface area contributed by atoms with E-state index in [0.717, 1.165) is 22.8 Å². The fourth-order valence-corrected chi connectivity index (χ4v) is 6.97. The predicted molar refractivity (Wildman–Crippen MR) is 189 cm³/mol. The van der Waals surface area contributed by atoms with Gasteiger partial charge in [0.1, 0.15) is 0 Å². The standard InChI is InChI=1S/C15H20N4OS.C10H15ClN2.C5H6N2OS.2ClH/c1-11-7-14(20)18-15(17-11)21-9-13-8-16-10-19(13)12-5-3-2-4-6-12;11-6-10-7-12-8-13(10)9-4-2-1-3-5-9;1-3-2-4(8)7-5(9)6-3;;/h7-8,10,12H,2-6,9H2,1H3,(H,17,18,20);7-9H,1-6H2;2H,1H3,(H2,6,7,8,9);2*1H. The molecular weight excluding hydrogens is 675 g/mol. The van der Waals surface area contributed by atoms with Gasteiger partial charge in [-0.3, -0.25) is 14.6 Å². The molecule has 10 nitrogen and oxygen atoms in total. The highest BCUT2D eigenvalue weighted by molar-refractivity contribution is 7.98. The van der Waals surface area contributed by atoms with E-state index < -0.39 is 0 Å². The highest BCUT2D eigenvalue weighted by Gasteiger charge is 2.18. The fourth-order valence-electron chi connectivity index (χ4n) is 5.61. The molecule has 2 aliphatic rings. The number of H-pyrrole nitrogens is 3. The number of hydrogen-bond donors (Lipinski definition) is 3. The van der Waals surface area contributed by atoms with Crippen LogP contribution in [0.3, 0.4) is 0 Å². The molecule has 4 aromatic heterocycles. The van der Waals surface area contributed by atoms with Crippen LogP contribution in [0.2, 0.25) is 0 Å².